The lowest BCUT2D eigenvalue weighted by Crippen LogP contribution is -2.34. The number of aryl methyl sites for hydroxylation is 1. The van der Waals surface area contributed by atoms with E-state index < -0.39 is 5.82 Å². The van der Waals surface area contributed by atoms with Gasteiger partial charge in [-0.1, -0.05) is 36.4 Å². The number of amides is 2. The molecule has 0 saturated carbocycles. The number of urea groups is 1. The van der Waals surface area contributed by atoms with Gasteiger partial charge in [-0.3, -0.25) is 0 Å². The fourth-order valence-electron chi connectivity index (χ4n) is 2.78. The number of carbonyl (C=O) groups excluding carboxylic acids is 1. The minimum atomic E-state index is -0.434. The maximum atomic E-state index is 13.5. The summed E-state index contributed by atoms with van der Waals surface area (Å²) in [4.78, 5) is 12.1. The minimum Gasteiger partial charge on any atom is -0.331 e. The Kier molecular flexibility index (Phi) is 3.86. The van der Waals surface area contributed by atoms with E-state index in [1.165, 1.54) is 11.6 Å². The number of carbonyl (C=O) groups is 1. The highest BCUT2D eigenvalue weighted by Gasteiger charge is 2.21. The number of benzene rings is 2. The monoisotopic (exact) mass is 284 g/mol. The predicted molar refractivity (Wildman–Crippen MR) is 80.7 cm³/mol. The van der Waals surface area contributed by atoms with Gasteiger partial charge in [0.1, 0.15) is 5.82 Å². The topological polar surface area (TPSA) is 41.1 Å². The molecule has 1 aliphatic rings. The van der Waals surface area contributed by atoms with Crippen molar-refractivity contribution in [1.82, 2.24) is 5.32 Å². The van der Waals surface area contributed by atoms with E-state index in [4.69, 9.17) is 0 Å². The van der Waals surface area contributed by atoms with E-state index in [0.29, 0.717) is 0 Å². The molecule has 0 unspecified atom stereocenters. The van der Waals surface area contributed by atoms with Gasteiger partial charge in [-0.15, -0.1) is 0 Å². The first-order valence-corrected chi connectivity index (χ1v) is 7.14. The predicted octanol–water partition coefficient (Wildman–Crippen LogP) is 4.02. The number of anilines is 1. The zero-order valence-corrected chi connectivity index (χ0v) is 11.6. The molecule has 0 aromatic heterocycles. The highest BCUT2D eigenvalue weighted by Crippen LogP contribution is 2.29. The first-order chi connectivity index (χ1) is 10.2. The Morgan fingerprint density at radius 3 is 2.71 bits per heavy atom. The average molecular weight is 284 g/mol. The van der Waals surface area contributed by atoms with Crippen LogP contribution in [0.3, 0.4) is 0 Å². The van der Waals surface area contributed by atoms with Crippen LogP contribution in [0.15, 0.2) is 48.5 Å². The quantitative estimate of drug-likeness (QED) is 0.859. The summed E-state index contributed by atoms with van der Waals surface area (Å²) in [7, 11) is 0. The van der Waals surface area contributed by atoms with Crippen molar-refractivity contribution in [3.63, 3.8) is 0 Å². The molecule has 0 aliphatic heterocycles. The van der Waals surface area contributed by atoms with Crippen LogP contribution < -0.4 is 10.6 Å². The van der Waals surface area contributed by atoms with Gasteiger partial charge < -0.3 is 10.6 Å². The minimum absolute atomic E-state index is 0.0123. The second kappa shape index (κ2) is 5.95. The standard InChI is InChI=1S/C17H17FN2O/c18-14-9-3-4-10-16(14)20-17(21)19-15-11-5-7-12-6-1-2-8-13(12)15/h1-4,6,8-10,15H,5,7,11H2,(H2,19,20,21)/t15-/m1/s1. The molecule has 2 amide bonds. The van der Waals surface area contributed by atoms with Crippen LogP contribution in [0.2, 0.25) is 0 Å². The Labute approximate surface area is 123 Å². The van der Waals surface area contributed by atoms with E-state index in [0.717, 1.165) is 24.8 Å². The van der Waals surface area contributed by atoms with Gasteiger partial charge in [0.25, 0.3) is 0 Å². The number of halogens is 1. The van der Waals surface area contributed by atoms with Crippen LogP contribution in [0.25, 0.3) is 0 Å². The van der Waals surface area contributed by atoms with Crippen LogP contribution >= 0.6 is 0 Å². The molecule has 0 saturated heterocycles. The first kappa shape index (κ1) is 13.6. The molecule has 0 radical (unpaired) electrons. The SMILES string of the molecule is O=C(Nc1ccccc1F)N[C@@H]1CCCc2ccccc21. The number of para-hydroxylation sites is 1. The summed E-state index contributed by atoms with van der Waals surface area (Å²) >= 11 is 0. The molecule has 2 aromatic carbocycles. The maximum Gasteiger partial charge on any atom is 0.319 e. The van der Waals surface area contributed by atoms with Gasteiger partial charge >= 0.3 is 6.03 Å². The van der Waals surface area contributed by atoms with Gasteiger partial charge in [0, 0.05) is 0 Å². The van der Waals surface area contributed by atoms with Crippen molar-refractivity contribution in [2.75, 3.05) is 5.32 Å². The van der Waals surface area contributed by atoms with Crippen LogP contribution in [0.5, 0.6) is 0 Å². The third kappa shape index (κ3) is 3.05. The molecule has 108 valence electrons. The van der Waals surface area contributed by atoms with Crippen molar-refractivity contribution < 1.29 is 9.18 Å². The molecule has 0 fully saturated rings. The lowest BCUT2D eigenvalue weighted by Gasteiger charge is -2.26. The molecule has 2 aromatic rings. The number of nitrogens with one attached hydrogen (secondary N) is 2. The van der Waals surface area contributed by atoms with Gasteiger partial charge in [-0.2, -0.15) is 0 Å². The highest BCUT2D eigenvalue weighted by atomic mass is 19.1. The maximum absolute atomic E-state index is 13.5. The number of rotatable bonds is 2. The Morgan fingerprint density at radius 2 is 1.86 bits per heavy atom. The van der Waals surface area contributed by atoms with Crippen molar-refractivity contribution in [2.45, 2.75) is 25.3 Å². The Balaban J connectivity index is 1.70. The smallest absolute Gasteiger partial charge is 0.319 e. The summed E-state index contributed by atoms with van der Waals surface area (Å²) in [6.45, 7) is 0. The van der Waals surface area contributed by atoms with E-state index in [9.17, 15) is 9.18 Å². The summed E-state index contributed by atoms with van der Waals surface area (Å²) in [5, 5.41) is 5.50. The molecule has 1 atom stereocenters. The Morgan fingerprint density at radius 1 is 1.10 bits per heavy atom. The molecule has 2 N–H and O–H groups in total. The molecule has 0 spiro atoms. The van der Waals surface area contributed by atoms with E-state index in [1.807, 2.05) is 18.2 Å². The van der Waals surface area contributed by atoms with Crippen LogP contribution in [-0.2, 0) is 6.42 Å². The van der Waals surface area contributed by atoms with Crippen LogP contribution in [0, 0.1) is 5.82 Å². The molecule has 3 nitrogen and oxygen atoms in total. The second-order valence-corrected chi connectivity index (χ2v) is 5.22. The van der Waals surface area contributed by atoms with E-state index in [-0.39, 0.29) is 17.8 Å². The summed E-state index contributed by atoms with van der Waals surface area (Å²) < 4.78 is 13.5. The molecular weight excluding hydrogens is 267 g/mol. The van der Waals surface area contributed by atoms with Gasteiger partial charge in [0.15, 0.2) is 0 Å². The summed E-state index contributed by atoms with van der Waals surface area (Å²) in [5.74, 6) is -0.434. The van der Waals surface area contributed by atoms with Crippen molar-refractivity contribution in [1.29, 1.82) is 0 Å². The van der Waals surface area contributed by atoms with E-state index >= 15 is 0 Å². The molecule has 1 aliphatic carbocycles. The Hall–Kier alpha value is -2.36. The largest absolute Gasteiger partial charge is 0.331 e. The van der Waals surface area contributed by atoms with Gasteiger partial charge in [-0.05, 0) is 42.5 Å². The van der Waals surface area contributed by atoms with Crippen LogP contribution in [0.1, 0.15) is 30.0 Å². The second-order valence-electron chi connectivity index (χ2n) is 5.22. The zero-order valence-electron chi connectivity index (χ0n) is 11.6. The average Bonchev–Trinajstić information content (AvgIpc) is 2.50. The molecule has 21 heavy (non-hydrogen) atoms. The highest BCUT2D eigenvalue weighted by molar-refractivity contribution is 5.89. The Bertz CT molecular complexity index is 657. The summed E-state index contributed by atoms with van der Waals surface area (Å²) in [5.41, 5.74) is 2.63. The number of hydrogen-bond donors (Lipinski definition) is 2. The van der Waals surface area contributed by atoms with Crippen molar-refractivity contribution in [3.05, 3.63) is 65.5 Å². The van der Waals surface area contributed by atoms with Crippen molar-refractivity contribution in [2.24, 2.45) is 0 Å². The van der Waals surface area contributed by atoms with Gasteiger partial charge in [0.05, 0.1) is 11.7 Å². The molecule has 3 rings (SSSR count). The normalized spacial score (nSPS) is 16.9. The number of fused-ring (bicyclic) bond motifs is 1. The zero-order chi connectivity index (χ0) is 14.7. The van der Waals surface area contributed by atoms with E-state index in [1.54, 1.807) is 18.2 Å². The summed E-state index contributed by atoms with van der Waals surface area (Å²) in [6, 6.07) is 13.9. The third-order valence-electron chi connectivity index (χ3n) is 3.80. The molecular formula is C17H17FN2O. The van der Waals surface area contributed by atoms with Crippen molar-refractivity contribution in [3.8, 4) is 0 Å². The first-order valence-electron chi connectivity index (χ1n) is 7.14. The lowest BCUT2D eigenvalue weighted by atomic mass is 9.88. The third-order valence-corrected chi connectivity index (χ3v) is 3.80. The van der Waals surface area contributed by atoms with Crippen molar-refractivity contribution >= 4 is 11.7 Å². The van der Waals surface area contributed by atoms with Crippen LogP contribution in [-0.4, -0.2) is 6.03 Å². The molecule has 0 bridgehead atoms. The molecule has 0 heterocycles. The fraction of sp³-hybridized carbons (Fsp3) is 0.235. The van der Waals surface area contributed by atoms with E-state index in [2.05, 4.69) is 16.7 Å². The molecule has 4 heteroatoms. The fourth-order valence-corrected chi connectivity index (χ4v) is 2.78. The van der Waals surface area contributed by atoms with Crippen LogP contribution in [0.4, 0.5) is 14.9 Å². The lowest BCUT2D eigenvalue weighted by molar-refractivity contribution is 0.247. The summed E-state index contributed by atoms with van der Waals surface area (Å²) in [6.07, 6.45) is 2.99. The number of hydrogen-bond acceptors (Lipinski definition) is 1. The van der Waals surface area contributed by atoms with Gasteiger partial charge in [0.2, 0.25) is 0 Å². The van der Waals surface area contributed by atoms with Gasteiger partial charge in [-0.25, -0.2) is 9.18 Å².